The summed E-state index contributed by atoms with van der Waals surface area (Å²) in [6.45, 7) is 2.36. The van der Waals surface area contributed by atoms with Gasteiger partial charge in [0.25, 0.3) is 0 Å². The number of hydrogen-bond donors (Lipinski definition) is 0. The smallest absolute Gasteiger partial charge is 0.296 e. The Morgan fingerprint density at radius 3 is 2.70 bits per heavy atom. The average Bonchev–Trinajstić information content (AvgIpc) is 2.87. The van der Waals surface area contributed by atoms with Crippen LogP contribution < -0.4 is 5.76 Å². The predicted octanol–water partition coefficient (Wildman–Crippen LogP) is 3.69. The van der Waals surface area contributed by atoms with Gasteiger partial charge in [0.15, 0.2) is 5.82 Å². The van der Waals surface area contributed by atoms with E-state index in [4.69, 9.17) is 4.52 Å². The second-order valence-electron chi connectivity index (χ2n) is 5.28. The largest absolute Gasteiger partial charge is 0.441 e. The van der Waals surface area contributed by atoms with Gasteiger partial charge in [-0.2, -0.15) is 0 Å². The van der Waals surface area contributed by atoms with Crippen molar-refractivity contribution in [2.24, 2.45) is 0 Å². The topological polar surface area (TPSA) is 48.0 Å². The van der Waals surface area contributed by atoms with Gasteiger partial charge in [0.1, 0.15) is 5.82 Å². The fraction of sp³-hybridized carbons (Fsp3) is 0.176. The quantitative estimate of drug-likeness (QED) is 0.697. The van der Waals surface area contributed by atoms with E-state index < -0.39 is 5.76 Å². The summed E-state index contributed by atoms with van der Waals surface area (Å²) in [4.78, 5) is 11.9. The lowest BCUT2D eigenvalue weighted by molar-refractivity contribution is 0.375. The predicted molar refractivity (Wildman–Crippen MR) is 88.0 cm³/mol. The number of rotatable bonds is 4. The molecular formula is C17H14BrFN2O2. The summed E-state index contributed by atoms with van der Waals surface area (Å²) in [5.74, 6) is -0.279. The molecule has 3 rings (SSSR count). The Balaban J connectivity index is 1.91. The van der Waals surface area contributed by atoms with E-state index in [2.05, 4.69) is 21.1 Å². The summed E-state index contributed by atoms with van der Waals surface area (Å²) in [6.07, 6.45) is 0.402. The van der Waals surface area contributed by atoms with Crippen molar-refractivity contribution >= 4 is 15.9 Å². The van der Waals surface area contributed by atoms with Gasteiger partial charge in [-0.1, -0.05) is 45.4 Å². The summed E-state index contributed by atoms with van der Waals surface area (Å²) >= 11 is 3.49. The van der Waals surface area contributed by atoms with Crippen molar-refractivity contribution in [3.63, 3.8) is 0 Å². The highest BCUT2D eigenvalue weighted by atomic mass is 79.9. The molecule has 0 fully saturated rings. The van der Waals surface area contributed by atoms with Crippen molar-refractivity contribution in [2.45, 2.75) is 19.9 Å². The van der Waals surface area contributed by atoms with Crippen LogP contribution in [0.4, 0.5) is 4.39 Å². The van der Waals surface area contributed by atoms with E-state index in [1.54, 1.807) is 12.1 Å². The molecule has 0 N–H and O–H groups in total. The van der Waals surface area contributed by atoms with Crippen molar-refractivity contribution in [2.75, 3.05) is 0 Å². The van der Waals surface area contributed by atoms with E-state index in [0.29, 0.717) is 18.8 Å². The minimum absolute atomic E-state index is 0.295. The Bertz CT molecular complexity index is 884. The summed E-state index contributed by atoms with van der Waals surface area (Å²) in [6, 6.07) is 11.9. The van der Waals surface area contributed by atoms with E-state index in [1.807, 2.05) is 25.1 Å². The molecule has 0 saturated heterocycles. The van der Waals surface area contributed by atoms with Crippen LogP contribution in [0.3, 0.4) is 0 Å². The van der Waals surface area contributed by atoms with E-state index in [9.17, 15) is 9.18 Å². The first-order chi connectivity index (χ1) is 11.0. The highest BCUT2D eigenvalue weighted by Crippen LogP contribution is 2.20. The fourth-order valence-corrected chi connectivity index (χ4v) is 2.77. The van der Waals surface area contributed by atoms with Crippen LogP contribution in [0.15, 0.2) is 56.3 Å². The van der Waals surface area contributed by atoms with Gasteiger partial charge >= 0.3 is 5.76 Å². The van der Waals surface area contributed by atoms with Crippen LogP contribution in [0.1, 0.15) is 22.5 Å². The monoisotopic (exact) mass is 376 g/mol. The van der Waals surface area contributed by atoms with Crippen LogP contribution in [-0.2, 0) is 13.0 Å². The molecule has 118 valence electrons. The highest BCUT2D eigenvalue weighted by Gasteiger charge is 2.13. The molecule has 1 aromatic heterocycles. The molecule has 0 unspecified atom stereocenters. The van der Waals surface area contributed by atoms with Crippen molar-refractivity contribution in [1.82, 2.24) is 9.72 Å². The minimum atomic E-state index is -0.499. The van der Waals surface area contributed by atoms with Crippen LogP contribution in [0.2, 0.25) is 0 Å². The van der Waals surface area contributed by atoms with Crippen molar-refractivity contribution < 1.29 is 8.91 Å². The number of aromatic nitrogens is 2. The summed E-state index contributed by atoms with van der Waals surface area (Å²) < 4.78 is 20.3. The minimum Gasteiger partial charge on any atom is -0.296 e. The van der Waals surface area contributed by atoms with Crippen LogP contribution in [0.5, 0.6) is 0 Å². The van der Waals surface area contributed by atoms with Crippen molar-refractivity contribution in [3.05, 3.63) is 85.8 Å². The summed E-state index contributed by atoms with van der Waals surface area (Å²) in [5.41, 5.74) is 2.93. The normalized spacial score (nSPS) is 10.9. The van der Waals surface area contributed by atoms with Gasteiger partial charge in [-0.15, -0.1) is 0 Å². The summed E-state index contributed by atoms with van der Waals surface area (Å²) in [5, 5.41) is 3.85. The van der Waals surface area contributed by atoms with Gasteiger partial charge in [0.05, 0.1) is 6.54 Å². The first-order valence-electron chi connectivity index (χ1n) is 7.08. The van der Waals surface area contributed by atoms with Gasteiger partial charge in [-0.25, -0.2) is 9.18 Å². The first-order valence-corrected chi connectivity index (χ1v) is 7.87. The zero-order chi connectivity index (χ0) is 16.4. The average molecular weight is 377 g/mol. The lowest BCUT2D eigenvalue weighted by Gasteiger charge is -2.09. The molecule has 0 saturated carbocycles. The third-order valence-corrected chi connectivity index (χ3v) is 4.60. The first kappa shape index (κ1) is 15.7. The molecule has 0 aliphatic heterocycles. The molecule has 0 radical (unpaired) electrons. The molecule has 0 aliphatic rings. The lowest BCUT2D eigenvalue weighted by atomic mass is 10.1. The van der Waals surface area contributed by atoms with Gasteiger partial charge < -0.3 is 0 Å². The molecule has 0 aliphatic carbocycles. The second-order valence-corrected chi connectivity index (χ2v) is 6.13. The van der Waals surface area contributed by atoms with Crippen LogP contribution in [0, 0.1) is 12.7 Å². The molecule has 0 spiro atoms. The van der Waals surface area contributed by atoms with E-state index in [0.717, 1.165) is 21.2 Å². The van der Waals surface area contributed by atoms with E-state index in [1.165, 1.54) is 16.7 Å². The Labute approximate surface area is 140 Å². The Morgan fingerprint density at radius 1 is 1.22 bits per heavy atom. The summed E-state index contributed by atoms with van der Waals surface area (Å²) in [7, 11) is 0. The molecule has 0 bridgehead atoms. The fourth-order valence-electron chi connectivity index (χ4n) is 2.36. The maximum Gasteiger partial charge on any atom is 0.441 e. The second kappa shape index (κ2) is 6.50. The van der Waals surface area contributed by atoms with Gasteiger partial charge in [-0.05, 0) is 41.8 Å². The number of halogens is 2. The zero-order valence-electron chi connectivity index (χ0n) is 12.4. The van der Waals surface area contributed by atoms with Gasteiger partial charge in [-0.3, -0.25) is 9.09 Å². The molecule has 6 heteroatoms. The lowest BCUT2D eigenvalue weighted by Crippen LogP contribution is -2.18. The van der Waals surface area contributed by atoms with Gasteiger partial charge in [0, 0.05) is 10.9 Å². The number of nitrogens with zero attached hydrogens (tertiary/aromatic N) is 2. The third-order valence-electron chi connectivity index (χ3n) is 3.74. The van der Waals surface area contributed by atoms with E-state index in [-0.39, 0.29) is 5.82 Å². The van der Waals surface area contributed by atoms with E-state index >= 15 is 0 Å². The third kappa shape index (κ3) is 3.42. The molecule has 2 aromatic carbocycles. The Morgan fingerprint density at radius 2 is 1.96 bits per heavy atom. The molecule has 3 aromatic rings. The Hall–Kier alpha value is -2.21. The molecule has 4 nitrogen and oxygen atoms in total. The highest BCUT2D eigenvalue weighted by molar-refractivity contribution is 9.10. The molecule has 0 amide bonds. The van der Waals surface area contributed by atoms with Gasteiger partial charge in [0.2, 0.25) is 0 Å². The zero-order valence-corrected chi connectivity index (χ0v) is 14.0. The van der Waals surface area contributed by atoms with Crippen molar-refractivity contribution in [1.29, 1.82) is 0 Å². The number of hydrogen-bond acceptors (Lipinski definition) is 3. The SMILES string of the molecule is Cc1c(Br)cccc1Cn1c(Cc2ccc(F)cc2)noc1=O. The number of benzene rings is 2. The maximum atomic E-state index is 13.0. The standard InChI is InChI=1S/C17H14BrFN2O2/c1-11-13(3-2-4-15(11)18)10-21-16(20-23-17(21)22)9-12-5-7-14(19)8-6-12/h2-8H,9-10H2,1H3. The van der Waals surface area contributed by atoms with Crippen LogP contribution in [0.25, 0.3) is 0 Å². The molecule has 1 heterocycles. The van der Waals surface area contributed by atoms with Crippen LogP contribution >= 0.6 is 15.9 Å². The molecule has 0 atom stereocenters. The molecular weight excluding hydrogens is 363 g/mol. The van der Waals surface area contributed by atoms with Crippen molar-refractivity contribution in [3.8, 4) is 0 Å². The molecule has 23 heavy (non-hydrogen) atoms. The van der Waals surface area contributed by atoms with Crippen LogP contribution in [-0.4, -0.2) is 9.72 Å². The Kier molecular flexibility index (Phi) is 4.43. The maximum absolute atomic E-state index is 13.0.